The highest BCUT2D eigenvalue weighted by atomic mass is 16.3. The van der Waals surface area contributed by atoms with Gasteiger partial charge in [0.05, 0.1) is 0 Å². The van der Waals surface area contributed by atoms with Crippen LogP contribution in [0.2, 0.25) is 0 Å². The Kier molecular flexibility index (Phi) is 4.58. The normalized spacial score (nSPS) is 20.5. The first-order valence-corrected chi connectivity index (χ1v) is 6.10. The van der Waals surface area contributed by atoms with Crippen LogP contribution in [0.15, 0.2) is 0 Å². The maximum Gasteiger partial charge on any atom is 0.226 e. The van der Waals surface area contributed by atoms with Gasteiger partial charge in [0.2, 0.25) is 5.91 Å². The Bertz CT molecular complexity index is 206. The van der Waals surface area contributed by atoms with Crippen LogP contribution in [0.4, 0.5) is 0 Å². The molecule has 1 rings (SSSR count). The van der Waals surface area contributed by atoms with Gasteiger partial charge >= 0.3 is 0 Å². The largest absolute Gasteiger partial charge is 0.396 e. The number of carbonyl (C=O) groups is 1. The van der Waals surface area contributed by atoms with Gasteiger partial charge in [-0.3, -0.25) is 4.79 Å². The topological polar surface area (TPSA) is 49.3 Å². The van der Waals surface area contributed by atoms with Crippen molar-refractivity contribution in [1.82, 2.24) is 5.32 Å². The molecule has 0 aromatic heterocycles. The molecule has 1 saturated carbocycles. The molecule has 1 atom stereocenters. The lowest BCUT2D eigenvalue weighted by atomic mass is 9.66. The summed E-state index contributed by atoms with van der Waals surface area (Å²) in [4.78, 5) is 12.0. The summed E-state index contributed by atoms with van der Waals surface area (Å²) in [5.41, 5.74) is -0.0805. The van der Waals surface area contributed by atoms with Gasteiger partial charge in [0.1, 0.15) is 0 Å². The van der Waals surface area contributed by atoms with Crippen molar-refractivity contribution in [3.8, 4) is 0 Å². The highest BCUT2D eigenvalue weighted by molar-refractivity contribution is 5.83. The standard InChI is InChI=1S/C12H23NO2/c1-3-10(6-9-14)13-11(15)12(4-2)7-5-8-12/h10,14H,3-9H2,1-2H3,(H,13,15). The molecule has 3 nitrogen and oxygen atoms in total. The van der Waals surface area contributed by atoms with Gasteiger partial charge < -0.3 is 10.4 Å². The third-order valence-electron chi connectivity index (χ3n) is 3.77. The second-order valence-corrected chi connectivity index (χ2v) is 4.58. The fraction of sp³-hybridized carbons (Fsp3) is 0.917. The van der Waals surface area contributed by atoms with E-state index in [4.69, 9.17) is 5.11 Å². The number of rotatable bonds is 6. The predicted molar refractivity (Wildman–Crippen MR) is 60.5 cm³/mol. The van der Waals surface area contributed by atoms with E-state index in [0.29, 0.717) is 6.42 Å². The van der Waals surface area contributed by atoms with Gasteiger partial charge in [-0.25, -0.2) is 0 Å². The summed E-state index contributed by atoms with van der Waals surface area (Å²) >= 11 is 0. The van der Waals surface area contributed by atoms with E-state index in [1.165, 1.54) is 6.42 Å². The first-order chi connectivity index (χ1) is 7.18. The van der Waals surface area contributed by atoms with Gasteiger partial charge in [0, 0.05) is 18.1 Å². The zero-order valence-electron chi connectivity index (χ0n) is 9.88. The van der Waals surface area contributed by atoms with Crippen LogP contribution in [0, 0.1) is 5.41 Å². The van der Waals surface area contributed by atoms with E-state index in [1.807, 2.05) is 6.92 Å². The Morgan fingerprint density at radius 1 is 1.47 bits per heavy atom. The van der Waals surface area contributed by atoms with Crippen molar-refractivity contribution in [1.29, 1.82) is 0 Å². The van der Waals surface area contributed by atoms with Gasteiger partial charge in [-0.2, -0.15) is 0 Å². The second-order valence-electron chi connectivity index (χ2n) is 4.58. The lowest BCUT2D eigenvalue weighted by Crippen LogP contribution is -2.48. The van der Waals surface area contributed by atoms with E-state index in [9.17, 15) is 4.79 Å². The van der Waals surface area contributed by atoms with E-state index in [1.54, 1.807) is 0 Å². The molecule has 0 bridgehead atoms. The van der Waals surface area contributed by atoms with Crippen LogP contribution in [0.3, 0.4) is 0 Å². The summed E-state index contributed by atoms with van der Waals surface area (Å²) in [7, 11) is 0. The Morgan fingerprint density at radius 3 is 2.47 bits per heavy atom. The van der Waals surface area contributed by atoms with Gasteiger partial charge in [-0.1, -0.05) is 20.3 Å². The van der Waals surface area contributed by atoms with Crippen LogP contribution in [0.5, 0.6) is 0 Å². The van der Waals surface area contributed by atoms with Crippen LogP contribution >= 0.6 is 0 Å². The zero-order chi connectivity index (χ0) is 11.3. The van der Waals surface area contributed by atoms with Crippen LogP contribution < -0.4 is 5.32 Å². The maximum atomic E-state index is 12.0. The van der Waals surface area contributed by atoms with Crippen molar-refractivity contribution in [3.63, 3.8) is 0 Å². The summed E-state index contributed by atoms with van der Waals surface area (Å²) < 4.78 is 0. The molecule has 0 heterocycles. The van der Waals surface area contributed by atoms with Crippen molar-refractivity contribution in [2.75, 3.05) is 6.61 Å². The molecule has 1 aliphatic carbocycles. The first kappa shape index (κ1) is 12.5. The third-order valence-corrected chi connectivity index (χ3v) is 3.77. The molecule has 3 heteroatoms. The minimum Gasteiger partial charge on any atom is -0.396 e. The van der Waals surface area contributed by atoms with Gasteiger partial charge in [0.25, 0.3) is 0 Å². The monoisotopic (exact) mass is 213 g/mol. The summed E-state index contributed by atoms with van der Waals surface area (Å²) in [5.74, 6) is 0.205. The van der Waals surface area contributed by atoms with E-state index < -0.39 is 0 Å². The summed E-state index contributed by atoms with van der Waals surface area (Å²) in [6, 6.07) is 0.145. The average molecular weight is 213 g/mol. The van der Waals surface area contributed by atoms with Crippen LogP contribution in [0.25, 0.3) is 0 Å². The Balaban J connectivity index is 2.45. The Hall–Kier alpha value is -0.570. The second kappa shape index (κ2) is 5.50. The molecule has 0 spiro atoms. The van der Waals surface area contributed by atoms with E-state index in [0.717, 1.165) is 25.7 Å². The highest BCUT2D eigenvalue weighted by Gasteiger charge is 2.42. The molecular weight excluding hydrogens is 190 g/mol. The van der Waals surface area contributed by atoms with Crippen molar-refractivity contribution < 1.29 is 9.90 Å². The van der Waals surface area contributed by atoms with Crippen molar-refractivity contribution >= 4 is 5.91 Å². The molecule has 1 amide bonds. The molecule has 1 fully saturated rings. The van der Waals surface area contributed by atoms with Crippen LogP contribution in [0.1, 0.15) is 52.4 Å². The Morgan fingerprint density at radius 2 is 2.13 bits per heavy atom. The predicted octanol–water partition coefficient (Wildman–Crippen LogP) is 1.84. The molecule has 0 aromatic carbocycles. The third kappa shape index (κ3) is 2.71. The number of nitrogens with one attached hydrogen (secondary N) is 1. The number of aliphatic hydroxyl groups excluding tert-OH is 1. The molecular formula is C12H23NO2. The molecule has 0 saturated heterocycles. The number of amides is 1. The molecule has 0 radical (unpaired) electrons. The quantitative estimate of drug-likeness (QED) is 0.707. The fourth-order valence-electron chi connectivity index (χ4n) is 2.22. The number of hydrogen-bond donors (Lipinski definition) is 2. The van der Waals surface area contributed by atoms with E-state index in [-0.39, 0.29) is 24.0 Å². The lowest BCUT2D eigenvalue weighted by Gasteiger charge is -2.40. The lowest BCUT2D eigenvalue weighted by molar-refractivity contribution is -0.137. The molecule has 88 valence electrons. The minimum absolute atomic E-state index is 0.0805. The molecule has 2 N–H and O–H groups in total. The smallest absolute Gasteiger partial charge is 0.226 e. The van der Waals surface area contributed by atoms with Gasteiger partial charge in [0.15, 0.2) is 0 Å². The maximum absolute atomic E-state index is 12.0. The summed E-state index contributed by atoms with van der Waals surface area (Å²) in [6.07, 6.45) is 5.75. The van der Waals surface area contributed by atoms with Crippen molar-refractivity contribution in [3.05, 3.63) is 0 Å². The fourth-order valence-corrected chi connectivity index (χ4v) is 2.22. The number of hydrogen-bond acceptors (Lipinski definition) is 2. The zero-order valence-corrected chi connectivity index (χ0v) is 9.88. The molecule has 0 aromatic rings. The summed E-state index contributed by atoms with van der Waals surface area (Å²) in [6.45, 7) is 4.28. The first-order valence-electron chi connectivity index (χ1n) is 6.10. The average Bonchev–Trinajstić information content (AvgIpc) is 2.16. The highest BCUT2D eigenvalue weighted by Crippen LogP contribution is 2.44. The molecule has 15 heavy (non-hydrogen) atoms. The molecule has 0 aliphatic heterocycles. The van der Waals surface area contributed by atoms with E-state index in [2.05, 4.69) is 12.2 Å². The minimum atomic E-state index is -0.0805. The molecule has 1 unspecified atom stereocenters. The van der Waals surface area contributed by atoms with Crippen LogP contribution in [-0.2, 0) is 4.79 Å². The van der Waals surface area contributed by atoms with Gasteiger partial charge in [-0.15, -0.1) is 0 Å². The molecule has 1 aliphatic rings. The number of aliphatic hydroxyl groups is 1. The van der Waals surface area contributed by atoms with Crippen molar-refractivity contribution in [2.24, 2.45) is 5.41 Å². The van der Waals surface area contributed by atoms with E-state index >= 15 is 0 Å². The Labute approximate surface area is 92.3 Å². The van der Waals surface area contributed by atoms with Gasteiger partial charge in [-0.05, 0) is 32.1 Å². The summed E-state index contributed by atoms with van der Waals surface area (Å²) in [5, 5.41) is 11.9. The van der Waals surface area contributed by atoms with Crippen LogP contribution in [-0.4, -0.2) is 23.7 Å². The SMILES string of the molecule is CCC(CCO)NC(=O)C1(CC)CCC1. The van der Waals surface area contributed by atoms with Crippen molar-refractivity contribution in [2.45, 2.75) is 58.4 Å². The number of carbonyl (C=O) groups excluding carboxylic acids is 1.